The summed E-state index contributed by atoms with van der Waals surface area (Å²) in [7, 11) is 1.55. The van der Waals surface area contributed by atoms with Gasteiger partial charge in [0.2, 0.25) is 24.4 Å². The largest absolute Gasteiger partial charge is 0.493 e. The summed E-state index contributed by atoms with van der Waals surface area (Å²) in [6.07, 6.45) is 6.43. The van der Waals surface area contributed by atoms with Crippen molar-refractivity contribution in [3.05, 3.63) is 17.7 Å². The third-order valence-corrected chi connectivity index (χ3v) is 8.61. The maximum absolute atomic E-state index is 13.7. The van der Waals surface area contributed by atoms with Crippen LogP contribution in [0.1, 0.15) is 69.8 Å². The molecule has 3 heterocycles. The average molecular weight is 575 g/mol. The first-order chi connectivity index (χ1) is 19.9. The predicted molar refractivity (Wildman–Crippen MR) is 153 cm³/mol. The highest BCUT2D eigenvalue weighted by molar-refractivity contribution is 5.79. The van der Waals surface area contributed by atoms with Gasteiger partial charge in [0.15, 0.2) is 11.5 Å². The number of rotatable bonds is 15. The van der Waals surface area contributed by atoms with E-state index in [-0.39, 0.29) is 25.2 Å². The van der Waals surface area contributed by atoms with Crippen LogP contribution in [-0.2, 0) is 14.4 Å². The third-order valence-electron chi connectivity index (χ3n) is 8.61. The van der Waals surface area contributed by atoms with Crippen molar-refractivity contribution in [3.8, 4) is 17.2 Å². The third kappa shape index (κ3) is 7.43. The summed E-state index contributed by atoms with van der Waals surface area (Å²) in [5.41, 5.74) is 6.47. The number of likely N-dealkylation sites (tertiary alicyclic amines) is 2. The van der Waals surface area contributed by atoms with Gasteiger partial charge in [0.05, 0.1) is 19.6 Å². The lowest BCUT2D eigenvalue weighted by atomic mass is 9.84. The van der Waals surface area contributed by atoms with Crippen LogP contribution in [0.5, 0.6) is 17.2 Å². The van der Waals surface area contributed by atoms with Crippen molar-refractivity contribution in [1.29, 1.82) is 0 Å². The molecule has 41 heavy (non-hydrogen) atoms. The number of hydrogen-bond donors (Lipinski definition) is 2. The SMILES string of the molecule is CCCCN(CCCCN)C(=O)CN1C[C@H](c2cc(OC)c3c(c2)OCO3)C(C(=O)O)[C@@H]1CCN1CCCCC1=O. The lowest BCUT2D eigenvalue weighted by Gasteiger charge is -2.32. The first-order valence-corrected chi connectivity index (χ1v) is 15.1. The van der Waals surface area contributed by atoms with Gasteiger partial charge in [0.1, 0.15) is 0 Å². The van der Waals surface area contributed by atoms with Crippen molar-refractivity contribution in [3.63, 3.8) is 0 Å². The molecule has 0 saturated carbocycles. The van der Waals surface area contributed by atoms with Crippen LogP contribution in [0, 0.1) is 5.92 Å². The van der Waals surface area contributed by atoms with E-state index in [1.165, 1.54) is 0 Å². The lowest BCUT2D eigenvalue weighted by Crippen LogP contribution is -2.46. The van der Waals surface area contributed by atoms with Gasteiger partial charge in [-0.1, -0.05) is 13.3 Å². The van der Waals surface area contributed by atoms with Crippen LogP contribution in [0.2, 0.25) is 0 Å². The molecule has 0 spiro atoms. The molecular formula is C30H46N4O7. The number of aliphatic carboxylic acids is 1. The van der Waals surface area contributed by atoms with E-state index >= 15 is 0 Å². The van der Waals surface area contributed by atoms with Crippen LogP contribution in [0.4, 0.5) is 0 Å². The zero-order valence-electron chi connectivity index (χ0n) is 24.5. The van der Waals surface area contributed by atoms with Crippen molar-refractivity contribution < 1.29 is 33.7 Å². The topological polar surface area (TPSA) is 135 Å². The first-order valence-electron chi connectivity index (χ1n) is 15.1. The minimum Gasteiger partial charge on any atom is -0.493 e. The Labute approximate surface area is 242 Å². The van der Waals surface area contributed by atoms with Gasteiger partial charge in [-0.05, 0) is 62.8 Å². The zero-order valence-corrected chi connectivity index (χ0v) is 24.5. The molecule has 0 bridgehead atoms. The minimum absolute atomic E-state index is 0.00239. The number of nitrogens with zero attached hydrogens (tertiary/aromatic N) is 3. The van der Waals surface area contributed by atoms with Crippen LogP contribution in [-0.4, -0.2) is 103 Å². The maximum atomic E-state index is 13.7. The summed E-state index contributed by atoms with van der Waals surface area (Å²) in [6, 6.07) is 3.25. The molecule has 2 amide bonds. The van der Waals surface area contributed by atoms with Gasteiger partial charge in [0, 0.05) is 51.1 Å². The quantitative estimate of drug-likeness (QED) is 0.303. The van der Waals surface area contributed by atoms with Crippen molar-refractivity contribution >= 4 is 17.8 Å². The molecule has 2 fully saturated rings. The predicted octanol–water partition coefficient (Wildman–Crippen LogP) is 2.66. The number of amides is 2. The summed E-state index contributed by atoms with van der Waals surface area (Å²) >= 11 is 0. The fraction of sp³-hybridized carbons (Fsp3) is 0.700. The number of nitrogens with two attached hydrogens (primary N) is 1. The first kappa shape index (κ1) is 30.9. The number of fused-ring (bicyclic) bond motifs is 1. The number of ether oxygens (including phenoxy) is 3. The molecule has 3 aliphatic heterocycles. The number of piperidine rings is 1. The molecule has 4 rings (SSSR count). The smallest absolute Gasteiger partial charge is 0.308 e. The molecule has 0 aliphatic carbocycles. The maximum Gasteiger partial charge on any atom is 0.308 e. The number of unbranched alkanes of at least 4 members (excludes halogenated alkanes) is 2. The fourth-order valence-electron chi connectivity index (χ4n) is 6.37. The van der Waals surface area contributed by atoms with E-state index in [2.05, 4.69) is 6.92 Å². The van der Waals surface area contributed by atoms with E-state index in [0.717, 1.165) is 44.1 Å². The molecule has 3 aliphatic rings. The number of carbonyl (C=O) groups excluding carboxylic acids is 2. The Balaban J connectivity index is 1.61. The number of carbonyl (C=O) groups is 3. The van der Waals surface area contributed by atoms with Crippen molar-refractivity contribution in [2.75, 3.05) is 59.7 Å². The Kier molecular flexibility index (Phi) is 11.1. The van der Waals surface area contributed by atoms with E-state index in [1.807, 2.05) is 26.8 Å². The Hall–Kier alpha value is -3.05. The van der Waals surface area contributed by atoms with E-state index in [4.69, 9.17) is 19.9 Å². The molecule has 228 valence electrons. The highest BCUT2D eigenvalue weighted by Crippen LogP contribution is 2.47. The number of carboxylic acid groups (broad SMARTS) is 1. The lowest BCUT2D eigenvalue weighted by molar-refractivity contribution is -0.144. The van der Waals surface area contributed by atoms with Crippen LogP contribution >= 0.6 is 0 Å². The molecule has 11 heteroatoms. The second kappa shape index (κ2) is 14.7. The summed E-state index contributed by atoms with van der Waals surface area (Å²) in [6.45, 7) is 5.77. The van der Waals surface area contributed by atoms with Gasteiger partial charge < -0.3 is 34.9 Å². The Morgan fingerprint density at radius 2 is 1.98 bits per heavy atom. The molecule has 11 nitrogen and oxygen atoms in total. The Bertz CT molecular complexity index is 1070. The molecule has 3 atom stereocenters. The Morgan fingerprint density at radius 3 is 2.68 bits per heavy atom. The van der Waals surface area contributed by atoms with Crippen LogP contribution in [0.15, 0.2) is 12.1 Å². The molecule has 0 radical (unpaired) electrons. The summed E-state index contributed by atoms with van der Waals surface area (Å²) in [4.78, 5) is 44.9. The average Bonchev–Trinajstić information content (AvgIpc) is 3.58. The second-order valence-corrected chi connectivity index (χ2v) is 11.3. The highest BCUT2D eigenvalue weighted by atomic mass is 16.7. The van der Waals surface area contributed by atoms with Gasteiger partial charge in [-0.15, -0.1) is 0 Å². The molecule has 0 aromatic heterocycles. The van der Waals surface area contributed by atoms with Crippen molar-refractivity contribution in [2.45, 2.75) is 70.3 Å². The van der Waals surface area contributed by atoms with E-state index < -0.39 is 23.8 Å². The van der Waals surface area contributed by atoms with Gasteiger partial charge in [-0.2, -0.15) is 0 Å². The number of carboxylic acids is 1. The van der Waals surface area contributed by atoms with Gasteiger partial charge >= 0.3 is 5.97 Å². The monoisotopic (exact) mass is 574 g/mol. The van der Waals surface area contributed by atoms with E-state index in [1.54, 1.807) is 7.11 Å². The second-order valence-electron chi connectivity index (χ2n) is 11.3. The fourth-order valence-corrected chi connectivity index (χ4v) is 6.37. The van der Waals surface area contributed by atoms with Crippen LogP contribution in [0.3, 0.4) is 0 Å². The van der Waals surface area contributed by atoms with Crippen LogP contribution < -0.4 is 19.9 Å². The summed E-state index contributed by atoms with van der Waals surface area (Å²) in [5, 5.41) is 10.5. The summed E-state index contributed by atoms with van der Waals surface area (Å²) in [5.74, 6) is -0.427. The van der Waals surface area contributed by atoms with E-state index in [0.29, 0.717) is 69.4 Å². The van der Waals surface area contributed by atoms with Crippen molar-refractivity contribution in [2.24, 2.45) is 11.7 Å². The standard InChI is InChI=1S/C30H46N4O7/c1-3-4-12-32(14-8-6-11-31)27(36)19-34-18-22(21-16-24(39-2)29-25(17-21)40-20-41-29)28(30(37)38)23(34)10-15-33-13-7-5-9-26(33)35/h16-17,22-23,28H,3-15,18-20,31H2,1-2H3,(H,37,38)/t22-,23+,28?/m1/s1. The molecule has 1 unspecified atom stereocenters. The summed E-state index contributed by atoms with van der Waals surface area (Å²) < 4.78 is 16.7. The molecule has 1 aromatic carbocycles. The zero-order chi connectivity index (χ0) is 29.4. The van der Waals surface area contributed by atoms with Crippen molar-refractivity contribution in [1.82, 2.24) is 14.7 Å². The van der Waals surface area contributed by atoms with Gasteiger partial charge in [-0.3, -0.25) is 19.3 Å². The van der Waals surface area contributed by atoms with Gasteiger partial charge in [-0.25, -0.2) is 0 Å². The van der Waals surface area contributed by atoms with Gasteiger partial charge in [0.25, 0.3) is 0 Å². The molecule has 1 aromatic rings. The Morgan fingerprint density at radius 1 is 1.17 bits per heavy atom. The van der Waals surface area contributed by atoms with Crippen LogP contribution in [0.25, 0.3) is 0 Å². The van der Waals surface area contributed by atoms with E-state index in [9.17, 15) is 19.5 Å². The minimum atomic E-state index is -0.915. The number of methoxy groups -OCH3 is 1. The molecule has 2 saturated heterocycles. The highest BCUT2D eigenvalue weighted by Gasteiger charge is 2.48. The molecular weight excluding hydrogens is 528 g/mol. The normalized spacial score (nSPS) is 22.3. The molecule has 3 N–H and O–H groups in total. The number of benzene rings is 1. The number of hydrogen-bond acceptors (Lipinski definition) is 8.